The summed E-state index contributed by atoms with van der Waals surface area (Å²) in [7, 11) is 1.63. The second-order valence-corrected chi connectivity index (χ2v) is 6.65. The van der Waals surface area contributed by atoms with Crippen LogP contribution in [-0.4, -0.2) is 56.4 Å². The van der Waals surface area contributed by atoms with Gasteiger partial charge >= 0.3 is 12.0 Å². The van der Waals surface area contributed by atoms with Gasteiger partial charge in [0.05, 0.1) is 25.7 Å². The first kappa shape index (κ1) is 18.4. The van der Waals surface area contributed by atoms with Crippen molar-refractivity contribution in [3.05, 3.63) is 23.8 Å². The lowest BCUT2D eigenvalue weighted by atomic mass is 9.97. The van der Waals surface area contributed by atoms with Crippen molar-refractivity contribution in [2.24, 2.45) is 5.92 Å². The van der Waals surface area contributed by atoms with Gasteiger partial charge in [0.1, 0.15) is 18.1 Å². The van der Waals surface area contributed by atoms with E-state index >= 15 is 0 Å². The fourth-order valence-corrected chi connectivity index (χ4v) is 3.43. The Morgan fingerprint density at radius 2 is 2.08 bits per heavy atom. The monoisotopic (exact) mass is 362 g/mol. The van der Waals surface area contributed by atoms with Crippen molar-refractivity contribution in [2.75, 3.05) is 33.4 Å². The number of likely N-dealkylation sites (tertiary alicyclic amines) is 1. The number of nitrogens with one attached hydrogen (secondary N) is 1. The molecule has 2 aliphatic rings. The summed E-state index contributed by atoms with van der Waals surface area (Å²) in [4.78, 5) is 26.1. The first-order valence-electron chi connectivity index (χ1n) is 9.12. The van der Waals surface area contributed by atoms with Gasteiger partial charge in [-0.3, -0.25) is 4.79 Å². The molecule has 0 saturated carbocycles. The average Bonchev–Trinajstić information content (AvgIpc) is 2.67. The molecule has 1 N–H and O–H groups in total. The van der Waals surface area contributed by atoms with Gasteiger partial charge in [-0.05, 0) is 49.9 Å². The van der Waals surface area contributed by atoms with Crippen molar-refractivity contribution in [2.45, 2.75) is 32.2 Å². The van der Waals surface area contributed by atoms with E-state index in [4.69, 9.17) is 14.2 Å². The Balaban J connectivity index is 1.50. The van der Waals surface area contributed by atoms with E-state index in [0.29, 0.717) is 45.6 Å². The average molecular weight is 362 g/mol. The van der Waals surface area contributed by atoms with Crippen molar-refractivity contribution < 1.29 is 23.8 Å². The minimum absolute atomic E-state index is 0.0788. The maximum atomic E-state index is 12.5. The zero-order valence-electron chi connectivity index (χ0n) is 15.3. The summed E-state index contributed by atoms with van der Waals surface area (Å²) in [5, 5.41) is 3.04. The van der Waals surface area contributed by atoms with Crippen LogP contribution in [0, 0.1) is 5.92 Å². The molecule has 1 saturated heterocycles. The molecular weight excluding hydrogens is 336 g/mol. The van der Waals surface area contributed by atoms with E-state index in [1.54, 1.807) is 18.9 Å². The predicted octanol–water partition coefficient (Wildman–Crippen LogP) is 1.98. The van der Waals surface area contributed by atoms with E-state index in [-0.39, 0.29) is 24.0 Å². The van der Waals surface area contributed by atoms with Gasteiger partial charge in [0.25, 0.3) is 0 Å². The van der Waals surface area contributed by atoms with Crippen LogP contribution in [0.4, 0.5) is 4.79 Å². The molecule has 7 nitrogen and oxygen atoms in total. The van der Waals surface area contributed by atoms with Gasteiger partial charge in [0.2, 0.25) is 0 Å². The van der Waals surface area contributed by atoms with Crippen LogP contribution in [0.2, 0.25) is 0 Å². The van der Waals surface area contributed by atoms with Crippen LogP contribution in [-0.2, 0) is 16.0 Å². The number of methoxy groups -OCH3 is 1. The summed E-state index contributed by atoms with van der Waals surface area (Å²) in [6, 6.07) is 5.52. The molecule has 142 valence electrons. The van der Waals surface area contributed by atoms with Crippen LogP contribution < -0.4 is 14.8 Å². The molecule has 1 aromatic carbocycles. The van der Waals surface area contributed by atoms with Crippen LogP contribution >= 0.6 is 0 Å². The van der Waals surface area contributed by atoms with Crippen molar-refractivity contribution >= 4 is 12.0 Å². The number of amides is 2. The van der Waals surface area contributed by atoms with Crippen LogP contribution in [0.3, 0.4) is 0 Å². The lowest BCUT2D eigenvalue weighted by Gasteiger charge is -2.33. The highest BCUT2D eigenvalue weighted by Crippen LogP contribution is 2.28. The van der Waals surface area contributed by atoms with Crippen molar-refractivity contribution in [3.8, 4) is 11.5 Å². The number of hydrogen-bond donors (Lipinski definition) is 1. The molecule has 0 aromatic heterocycles. The van der Waals surface area contributed by atoms with Gasteiger partial charge in [-0.1, -0.05) is 0 Å². The summed E-state index contributed by atoms with van der Waals surface area (Å²) in [6.07, 6.45) is 2.00. The topological polar surface area (TPSA) is 77.1 Å². The first-order valence-corrected chi connectivity index (χ1v) is 9.12. The molecule has 26 heavy (non-hydrogen) atoms. The molecule has 0 bridgehead atoms. The summed E-state index contributed by atoms with van der Waals surface area (Å²) in [5.74, 6) is 1.36. The second kappa shape index (κ2) is 8.29. The Bertz CT molecular complexity index is 655. The number of nitrogens with zero attached hydrogens (tertiary/aromatic N) is 1. The molecule has 0 radical (unpaired) electrons. The number of hydrogen-bond acceptors (Lipinski definition) is 5. The van der Waals surface area contributed by atoms with Crippen LogP contribution in [0.5, 0.6) is 11.5 Å². The van der Waals surface area contributed by atoms with Crippen molar-refractivity contribution in [1.29, 1.82) is 0 Å². The summed E-state index contributed by atoms with van der Waals surface area (Å²) in [5.41, 5.74) is 1.03. The largest absolute Gasteiger partial charge is 0.497 e. The molecule has 2 amide bonds. The van der Waals surface area contributed by atoms with Crippen molar-refractivity contribution in [3.63, 3.8) is 0 Å². The maximum absolute atomic E-state index is 12.5. The van der Waals surface area contributed by atoms with Gasteiger partial charge < -0.3 is 24.4 Å². The Morgan fingerprint density at radius 3 is 2.77 bits per heavy atom. The molecule has 0 spiro atoms. The smallest absolute Gasteiger partial charge is 0.317 e. The third-order valence-electron chi connectivity index (χ3n) is 4.90. The molecule has 2 heterocycles. The minimum atomic E-state index is -0.154. The lowest BCUT2D eigenvalue weighted by Crippen LogP contribution is -2.51. The number of piperidine rings is 1. The van der Waals surface area contributed by atoms with Crippen molar-refractivity contribution in [1.82, 2.24) is 10.2 Å². The number of carbonyl (C=O) groups is 2. The molecule has 1 aromatic rings. The van der Waals surface area contributed by atoms with Gasteiger partial charge in [-0.25, -0.2) is 4.79 Å². The number of urea groups is 1. The van der Waals surface area contributed by atoms with Crippen LogP contribution in [0.1, 0.15) is 25.3 Å². The van der Waals surface area contributed by atoms with E-state index in [1.807, 2.05) is 18.2 Å². The van der Waals surface area contributed by atoms with E-state index in [1.165, 1.54) is 0 Å². The fourth-order valence-electron chi connectivity index (χ4n) is 3.43. The molecule has 7 heteroatoms. The highest BCUT2D eigenvalue weighted by atomic mass is 16.5. The summed E-state index contributed by atoms with van der Waals surface area (Å²) in [6.45, 7) is 3.78. The fraction of sp³-hybridized carbons (Fsp3) is 0.579. The molecule has 2 aliphatic heterocycles. The predicted molar refractivity (Wildman–Crippen MR) is 95.4 cm³/mol. The van der Waals surface area contributed by atoms with Crippen LogP contribution in [0.15, 0.2) is 18.2 Å². The quantitative estimate of drug-likeness (QED) is 0.829. The van der Waals surface area contributed by atoms with Gasteiger partial charge in [0, 0.05) is 13.1 Å². The van der Waals surface area contributed by atoms with E-state index < -0.39 is 0 Å². The molecule has 0 unspecified atom stereocenters. The third-order valence-corrected chi connectivity index (χ3v) is 4.90. The first-order chi connectivity index (χ1) is 12.6. The molecule has 3 rings (SSSR count). The Morgan fingerprint density at radius 1 is 1.31 bits per heavy atom. The minimum Gasteiger partial charge on any atom is -0.497 e. The zero-order valence-corrected chi connectivity index (χ0v) is 15.3. The van der Waals surface area contributed by atoms with E-state index in [0.717, 1.165) is 17.1 Å². The molecular formula is C19H26N2O5. The number of esters is 1. The van der Waals surface area contributed by atoms with Crippen LogP contribution in [0.25, 0.3) is 0 Å². The Hall–Kier alpha value is -2.44. The third kappa shape index (κ3) is 4.20. The van der Waals surface area contributed by atoms with Gasteiger partial charge in [-0.15, -0.1) is 0 Å². The van der Waals surface area contributed by atoms with Gasteiger partial charge in [-0.2, -0.15) is 0 Å². The maximum Gasteiger partial charge on any atom is 0.317 e. The SMILES string of the molecule is CCOC(=O)C1CCN(C(=O)N[C@H]2COc3ccc(OC)cc3C2)CC1. The molecule has 0 aliphatic carbocycles. The number of carbonyl (C=O) groups excluding carboxylic acids is 2. The Labute approximate surface area is 153 Å². The van der Waals surface area contributed by atoms with E-state index in [9.17, 15) is 9.59 Å². The highest BCUT2D eigenvalue weighted by Gasteiger charge is 2.30. The van der Waals surface area contributed by atoms with Gasteiger partial charge in [0.15, 0.2) is 0 Å². The lowest BCUT2D eigenvalue weighted by molar-refractivity contribution is -0.149. The standard InChI is InChI=1S/C19H26N2O5/c1-3-25-18(22)13-6-8-21(9-7-13)19(23)20-15-10-14-11-16(24-2)4-5-17(14)26-12-15/h4-5,11,13,15H,3,6-10,12H2,1-2H3,(H,20,23)/t15-/m1/s1. The summed E-state index contributed by atoms with van der Waals surface area (Å²) >= 11 is 0. The normalized spacial score (nSPS) is 19.9. The summed E-state index contributed by atoms with van der Waals surface area (Å²) < 4.78 is 16.1. The number of rotatable bonds is 4. The molecule has 1 atom stereocenters. The Kier molecular flexibility index (Phi) is 5.85. The second-order valence-electron chi connectivity index (χ2n) is 6.65. The zero-order chi connectivity index (χ0) is 18.5. The molecule has 1 fully saturated rings. The van der Waals surface area contributed by atoms with E-state index in [2.05, 4.69) is 5.32 Å². The number of benzene rings is 1. The number of fused-ring (bicyclic) bond motifs is 1. The highest BCUT2D eigenvalue weighted by molar-refractivity contribution is 5.76. The number of ether oxygens (including phenoxy) is 3.